The number of Topliss-reactive ketones (excluding diaryl/α,β-unsaturated/α-hetero) is 1. The summed E-state index contributed by atoms with van der Waals surface area (Å²) in [6, 6.07) is 17.8. The first kappa shape index (κ1) is 25.4. The van der Waals surface area contributed by atoms with Gasteiger partial charge in [-0.2, -0.15) is 0 Å². The monoisotopic (exact) mass is 561 g/mol. The molecule has 3 aromatic heterocycles. The van der Waals surface area contributed by atoms with E-state index in [9.17, 15) is 4.79 Å². The van der Waals surface area contributed by atoms with E-state index in [0.717, 1.165) is 62.9 Å². The lowest BCUT2D eigenvalue weighted by molar-refractivity contribution is -0.119. The zero-order valence-electron chi connectivity index (χ0n) is 22.7. The molecule has 0 unspecified atom stereocenters. The number of thiazole rings is 1. The Morgan fingerprint density at radius 1 is 1.00 bits per heavy atom. The molecule has 0 amide bonds. The van der Waals surface area contributed by atoms with Crippen LogP contribution in [0.25, 0.3) is 22.0 Å². The Balaban J connectivity index is 1.23. The minimum atomic E-state index is -0.892. The number of benzene rings is 2. The Morgan fingerprint density at radius 3 is 2.51 bits per heavy atom. The van der Waals surface area contributed by atoms with E-state index in [1.165, 1.54) is 0 Å². The van der Waals surface area contributed by atoms with Gasteiger partial charge < -0.3 is 9.73 Å². The quantitative estimate of drug-likeness (QED) is 0.270. The Bertz CT molecular complexity index is 1770. The van der Waals surface area contributed by atoms with Gasteiger partial charge in [0, 0.05) is 47.3 Å². The van der Waals surface area contributed by atoms with Crippen LogP contribution < -0.4 is 5.32 Å². The molecule has 1 N–H and O–H groups in total. The van der Waals surface area contributed by atoms with E-state index in [1.54, 1.807) is 11.3 Å². The maximum absolute atomic E-state index is 13.4. The summed E-state index contributed by atoms with van der Waals surface area (Å²) in [6.45, 7) is 4.24. The predicted molar refractivity (Wildman–Crippen MR) is 157 cm³/mol. The molecular weight excluding hydrogens is 534 g/mol. The number of aromatic nitrogens is 5. The van der Waals surface area contributed by atoms with Gasteiger partial charge in [0.15, 0.2) is 11.9 Å². The number of nitrogens with one attached hydrogen (secondary N) is 1. The summed E-state index contributed by atoms with van der Waals surface area (Å²) in [6.07, 6.45) is 5.93. The van der Waals surface area contributed by atoms with E-state index in [-0.39, 0.29) is 29.5 Å². The minimum absolute atomic E-state index is 0.0628. The van der Waals surface area contributed by atoms with Crippen LogP contribution in [0.4, 0.5) is 6.01 Å². The van der Waals surface area contributed by atoms with Crippen LogP contribution >= 0.6 is 11.3 Å². The lowest BCUT2D eigenvalue weighted by Gasteiger charge is -2.11. The highest BCUT2D eigenvalue weighted by molar-refractivity contribution is 7.15. The smallest absolute Gasteiger partial charge is 0.317 e. The van der Waals surface area contributed by atoms with Crippen molar-refractivity contribution in [2.45, 2.75) is 51.1 Å². The third kappa shape index (κ3) is 4.84. The SMILES string of the molecule is CCc1ncc(-c2sc(C3(C)CC3)nc2-c2nnc(N[C@H]3N=C(c4ccccc4)c4ccccc4CC3=O)o2)cn1. The summed E-state index contributed by atoms with van der Waals surface area (Å²) in [4.78, 5) is 33.0. The summed E-state index contributed by atoms with van der Waals surface area (Å²) >= 11 is 1.61. The fourth-order valence-corrected chi connectivity index (χ4v) is 6.10. The molecule has 0 saturated heterocycles. The Hall–Kier alpha value is -4.57. The number of carbonyl (C=O) groups excluding carboxylic acids is 1. The molecular formula is C31H27N7O2S. The standard InChI is InChI=1S/C31H27N7O2S/c1-3-23-32-16-20(17-33-23)26-25(35-29(41-26)31(2)13-14-31)28-37-38-30(40-28)36-27-22(39)15-19-11-7-8-12-21(19)24(34-27)18-9-5-4-6-10-18/h4-12,16-17,27H,3,13-15H2,1-2H3,(H,36,38)/t27-/m1/s1. The molecule has 5 aromatic rings. The summed E-state index contributed by atoms with van der Waals surface area (Å²) in [5.74, 6) is 0.962. The van der Waals surface area contributed by atoms with E-state index in [2.05, 4.69) is 32.4 Å². The highest BCUT2D eigenvalue weighted by Gasteiger charge is 2.43. The van der Waals surface area contributed by atoms with Crippen LogP contribution in [-0.4, -0.2) is 42.8 Å². The van der Waals surface area contributed by atoms with Gasteiger partial charge in [0.2, 0.25) is 0 Å². The van der Waals surface area contributed by atoms with E-state index in [4.69, 9.17) is 14.4 Å². The molecule has 2 aromatic carbocycles. The fraction of sp³-hybridized carbons (Fsp3) is 0.258. The van der Waals surface area contributed by atoms with Gasteiger partial charge in [0.25, 0.3) is 5.89 Å². The van der Waals surface area contributed by atoms with Crippen LogP contribution in [0.5, 0.6) is 0 Å². The molecule has 1 aliphatic carbocycles. The largest absolute Gasteiger partial charge is 0.402 e. The number of aryl methyl sites for hydroxylation is 1. The number of hydrogen-bond donors (Lipinski definition) is 1. The molecule has 10 heteroatoms. The van der Waals surface area contributed by atoms with Crippen LogP contribution in [0.3, 0.4) is 0 Å². The maximum Gasteiger partial charge on any atom is 0.317 e. The number of rotatable bonds is 7. The average molecular weight is 562 g/mol. The number of hydrogen-bond acceptors (Lipinski definition) is 10. The van der Waals surface area contributed by atoms with E-state index < -0.39 is 6.17 Å². The molecule has 9 nitrogen and oxygen atoms in total. The van der Waals surface area contributed by atoms with Gasteiger partial charge in [-0.15, -0.1) is 16.4 Å². The molecule has 0 bridgehead atoms. The van der Waals surface area contributed by atoms with Crippen molar-refractivity contribution in [2.24, 2.45) is 4.99 Å². The fourth-order valence-electron chi connectivity index (χ4n) is 4.87. The first-order valence-corrected chi connectivity index (χ1v) is 14.5. The summed E-state index contributed by atoms with van der Waals surface area (Å²) in [5, 5.41) is 12.7. The van der Waals surface area contributed by atoms with Crippen molar-refractivity contribution in [1.29, 1.82) is 0 Å². The van der Waals surface area contributed by atoms with Crippen molar-refractivity contribution < 1.29 is 9.21 Å². The first-order valence-electron chi connectivity index (χ1n) is 13.7. The molecule has 1 saturated carbocycles. The van der Waals surface area contributed by atoms with Crippen molar-refractivity contribution in [3.05, 3.63) is 94.5 Å². The summed E-state index contributed by atoms with van der Waals surface area (Å²) < 4.78 is 6.08. The van der Waals surface area contributed by atoms with Gasteiger partial charge in [0.1, 0.15) is 11.5 Å². The number of fused-ring (bicyclic) bond motifs is 1. The Labute approximate surface area is 240 Å². The zero-order valence-corrected chi connectivity index (χ0v) is 23.5. The van der Waals surface area contributed by atoms with Gasteiger partial charge in [0.05, 0.1) is 15.6 Å². The third-order valence-electron chi connectivity index (χ3n) is 7.56. The molecule has 4 heterocycles. The minimum Gasteiger partial charge on any atom is -0.402 e. The normalized spacial score (nSPS) is 17.5. The van der Waals surface area contributed by atoms with Crippen molar-refractivity contribution in [1.82, 2.24) is 25.1 Å². The highest BCUT2D eigenvalue weighted by atomic mass is 32.1. The molecule has 7 rings (SSSR count). The lowest BCUT2D eigenvalue weighted by Crippen LogP contribution is -2.29. The van der Waals surface area contributed by atoms with E-state index in [0.29, 0.717) is 5.69 Å². The number of anilines is 1. The highest BCUT2D eigenvalue weighted by Crippen LogP contribution is 2.51. The van der Waals surface area contributed by atoms with Gasteiger partial charge in [-0.1, -0.05) is 73.5 Å². The predicted octanol–water partition coefficient (Wildman–Crippen LogP) is 5.66. The number of ketones is 1. The van der Waals surface area contributed by atoms with Gasteiger partial charge in [-0.25, -0.2) is 15.0 Å². The summed E-state index contributed by atoms with van der Waals surface area (Å²) in [7, 11) is 0. The molecule has 0 radical (unpaired) electrons. The van der Waals surface area contributed by atoms with Crippen LogP contribution in [-0.2, 0) is 23.1 Å². The van der Waals surface area contributed by atoms with Crippen molar-refractivity contribution in [3.8, 4) is 22.0 Å². The van der Waals surface area contributed by atoms with E-state index in [1.807, 2.05) is 73.9 Å². The molecule has 2 aliphatic rings. The Kier molecular flexibility index (Phi) is 6.27. The summed E-state index contributed by atoms with van der Waals surface area (Å²) in [5.41, 5.74) is 5.05. The second-order valence-electron chi connectivity index (χ2n) is 10.6. The number of carbonyl (C=O) groups is 1. The number of aliphatic imine (C=N–C) groups is 1. The van der Waals surface area contributed by atoms with Crippen molar-refractivity contribution >= 4 is 28.8 Å². The molecule has 1 aliphatic heterocycles. The van der Waals surface area contributed by atoms with Gasteiger partial charge in [-0.05, 0) is 18.4 Å². The third-order valence-corrected chi connectivity index (χ3v) is 8.97. The van der Waals surface area contributed by atoms with Crippen molar-refractivity contribution in [3.63, 3.8) is 0 Å². The average Bonchev–Trinajstić information content (AvgIpc) is 3.40. The maximum atomic E-state index is 13.4. The van der Waals surface area contributed by atoms with Crippen LogP contribution in [0.1, 0.15) is 54.2 Å². The van der Waals surface area contributed by atoms with Crippen LogP contribution in [0, 0.1) is 0 Å². The molecule has 1 atom stereocenters. The van der Waals surface area contributed by atoms with E-state index >= 15 is 0 Å². The van der Waals surface area contributed by atoms with Crippen LogP contribution in [0.2, 0.25) is 0 Å². The van der Waals surface area contributed by atoms with Crippen molar-refractivity contribution in [2.75, 3.05) is 5.32 Å². The van der Waals surface area contributed by atoms with Gasteiger partial charge >= 0.3 is 6.01 Å². The first-order chi connectivity index (χ1) is 20.0. The van der Waals surface area contributed by atoms with Gasteiger partial charge in [-0.3, -0.25) is 9.79 Å². The molecule has 1 fully saturated rings. The van der Waals surface area contributed by atoms with Crippen LogP contribution in [0.15, 0.2) is 76.4 Å². The molecule has 204 valence electrons. The Morgan fingerprint density at radius 2 is 1.76 bits per heavy atom. The second kappa shape index (κ2) is 10.1. The number of nitrogens with zero attached hydrogens (tertiary/aromatic N) is 6. The lowest BCUT2D eigenvalue weighted by atomic mass is 9.96. The second-order valence-corrected chi connectivity index (χ2v) is 11.6. The molecule has 41 heavy (non-hydrogen) atoms. The topological polar surface area (TPSA) is 119 Å². The molecule has 0 spiro atoms. The zero-order chi connectivity index (χ0) is 28.0.